The van der Waals surface area contributed by atoms with Gasteiger partial charge >= 0.3 is 0 Å². The third kappa shape index (κ3) is 3.22. The molecule has 0 bridgehead atoms. The van der Waals surface area contributed by atoms with Crippen molar-refractivity contribution in [3.63, 3.8) is 0 Å². The summed E-state index contributed by atoms with van der Waals surface area (Å²) in [5.74, 6) is 0.184. The average Bonchev–Trinajstić information content (AvgIpc) is 3.04. The molecule has 1 fully saturated rings. The first-order valence-corrected chi connectivity index (χ1v) is 8.88. The number of benzene rings is 1. The third-order valence-corrected chi connectivity index (χ3v) is 5.02. The molecular formula is C15H16N4O4S. The molecule has 0 aliphatic carbocycles. The fourth-order valence-electron chi connectivity index (χ4n) is 2.93. The van der Waals surface area contributed by atoms with Gasteiger partial charge in [0, 0.05) is 37.0 Å². The lowest BCUT2D eigenvalue weighted by molar-refractivity contribution is -0.384. The molecule has 1 unspecified atom stereocenters. The Kier molecular flexibility index (Phi) is 4.20. The Labute approximate surface area is 139 Å². The van der Waals surface area contributed by atoms with Gasteiger partial charge in [0.05, 0.1) is 9.82 Å². The van der Waals surface area contributed by atoms with E-state index in [1.165, 1.54) is 12.1 Å². The monoisotopic (exact) mass is 348 g/mol. The van der Waals surface area contributed by atoms with Gasteiger partial charge in [-0.3, -0.25) is 15.1 Å². The SMILES string of the molecule is NS(=O)(=O)c1ccc(N2CCC(c3ccccn3)C2)c([N+](=O)[O-])c1. The molecular weight excluding hydrogens is 332 g/mol. The zero-order valence-electron chi connectivity index (χ0n) is 12.7. The number of pyridine rings is 1. The van der Waals surface area contributed by atoms with Gasteiger partial charge in [0.1, 0.15) is 5.69 Å². The molecule has 0 radical (unpaired) electrons. The zero-order chi connectivity index (χ0) is 17.3. The molecule has 0 spiro atoms. The lowest BCUT2D eigenvalue weighted by atomic mass is 10.0. The molecule has 9 heteroatoms. The number of nitro groups is 1. The molecule has 2 heterocycles. The predicted octanol–water partition coefficient (Wildman–Crippen LogP) is 1.63. The van der Waals surface area contributed by atoms with Crippen molar-refractivity contribution < 1.29 is 13.3 Å². The Morgan fingerprint density at radius 2 is 2.08 bits per heavy atom. The number of rotatable bonds is 4. The number of aromatic nitrogens is 1. The molecule has 1 aromatic heterocycles. The number of hydrogen-bond donors (Lipinski definition) is 1. The van der Waals surface area contributed by atoms with Crippen molar-refractivity contribution in [1.82, 2.24) is 4.98 Å². The smallest absolute Gasteiger partial charge is 0.293 e. The van der Waals surface area contributed by atoms with Crippen LogP contribution in [0.5, 0.6) is 0 Å². The molecule has 8 nitrogen and oxygen atoms in total. The van der Waals surface area contributed by atoms with E-state index < -0.39 is 14.9 Å². The van der Waals surface area contributed by atoms with Crippen LogP contribution in [0.25, 0.3) is 0 Å². The minimum Gasteiger partial charge on any atom is -0.365 e. The van der Waals surface area contributed by atoms with Crippen LogP contribution >= 0.6 is 0 Å². The highest BCUT2D eigenvalue weighted by Crippen LogP contribution is 2.36. The molecule has 1 saturated heterocycles. The molecule has 126 valence electrons. The van der Waals surface area contributed by atoms with Crippen molar-refractivity contribution in [2.75, 3.05) is 18.0 Å². The van der Waals surface area contributed by atoms with Gasteiger partial charge in [0.15, 0.2) is 0 Å². The van der Waals surface area contributed by atoms with Crippen LogP contribution in [-0.4, -0.2) is 31.4 Å². The first kappa shape index (κ1) is 16.3. The molecule has 24 heavy (non-hydrogen) atoms. The van der Waals surface area contributed by atoms with E-state index in [4.69, 9.17) is 5.14 Å². The van der Waals surface area contributed by atoms with E-state index >= 15 is 0 Å². The summed E-state index contributed by atoms with van der Waals surface area (Å²) in [7, 11) is -3.99. The molecule has 2 aromatic rings. The maximum Gasteiger partial charge on any atom is 0.293 e. The maximum absolute atomic E-state index is 11.4. The van der Waals surface area contributed by atoms with Crippen molar-refractivity contribution in [2.45, 2.75) is 17.2 Å². The number of nitro benzene ring substituents is 1. The standard InChI is InChI=1S/C15H16N4O4S/c16-24(22,23)12-4-5-14(15(9-12)19(20)21)18-8-6-11(10-18)13-3-1-2-7-17-13/h1-5,7,9,11H,6,8,10H2,(H2,16,22,23). The van der Waals surface area contributed by atoms with Crippen LogP contribution in [0.4, 0.5) is 11.4 Å². The van der Waals surface area contributed by atoms with Gasteiger partial charge in [-0.15, -0.1) is 0 Å². The van der Waals surface area contributed by atoms with Crippen molar-refractivity contribution >= 4 is 21.4 Å². The summed E-state index contributed by atoms with van der Waals surface area (Å²) in [6.07, 6.45) is 2.55. The summed E-state index contributed by atoms with van der Waals surface area (Å²) in [5.41, 5.74) is 1.08. The molecule has 3 rings (SSSR count). The lowest BCUT2D eigenvalue weighted by Gasteiger charge is -2.19. The Morgan fingerprint density at radius 3 is 2.71 bits per heavy atom. The predicted molar refractivity (Wildman–Crippen MR) is 88.3 cm³/mol. The summed E-state index contributed by atoms with van der Waals surface area (Å²) >= 11 is 0. The van der Waals surface area contributed by atoms with Gasteiger partial charge < -0.3 is 4.90 Å². The maximum atomic E-state index is 11.4. The van der Waals surface area contributed by atoms with Gasteiger partial charge in [-0.2, -0.15) is 0 Å². The Hall–Kier alpha value is -2.52. The highest BCUT2D eigenvalue weighted by molar-refractivity contribution is 7.89. The Morgan fingerprint density at radius 1 is 1.29 bits per heavy atom. The summed E-state index contributed by atoms with van der Waals surface area (Å²) in [5, 5.41) is 16.4. The molecule has 1 atom stereocenters. The molecule has 1 aliphatic heterocycles. The number of sulfonamides is 1. The highest BCUT2D eigenvalue weighted by Gasteiger charge is 2.30. The van der Waals surface area contributed by atoms with Crippen molar-refractivity contribution in [2.24, 2.45) is 5.14 Å². The van der Waals surface area contributed by atoms with Crippen LogP contribution in [-0.2, 0) is 10.0 Å². The van der Waals surface area contributed by atoms with Gasteiger partial charge in [-0.1, -0.05) is 6.07 Å². The molecule has 2 N–H and O–H groups in total. The van der Waals surface area contributed by atoms with E-state index in [-0.39, 0.29) is 16.5 Å². The van der Waals surface area contributed by atoms with Gasteiger partial charge in [-0.25, -0.2) is 13.6 Å². The number of nitrogens with two attached hydrogens (primary N) is 1. The number of hydrogen-bond acceptors (Lipinski definition) is 6. The van der Waals surface area contributed by atoms with Crippen molar-refractivity contribution in [3.05, 3.63) is 58.4 Å². The van der Waals surface area contributed by atoms with E-state index in [1.807, 2.05) is 23.1 Å². The fourth-order valence-corrected chi connectivity index (χ4v) is 3.47. The lowest BCUT2D eigenvalue weighted by Crippen LogP contribution is -2.21. The minimum absolute atomic E-state index is 0.184. The first-order chi connectivity index (χ1) is 11.4. The second-order valence-corrected chi connectivity index (χ2v) is 7.20. The van der Waals surface area contributed by atoms with Crippen LogP contribution in [0.1, 0.15) is 18.0 Å². The van der Waals surface area contributed by atoms with Gasteiger partial charge in [-0.05, 0) is 30.7 Å². The summed E-state index contributed by atoms with van der Waals surface area (Å²) in [6.45, 7) is 1.23. The Bertz CT molecular complexity index is 870. The first-order valence-electron chi connectivity index (χ1n) is 7.33. The second-order valence-electron chi connectivity index (χ2n) is 5.64. The second kappa shape index (κ2) is 6.17. The minimum atomic E-state index is -3.99. The largest absolute Gasteiger partial charge is 0.365 e. The number of primary sulfonamides is 1. The van der Waals surface area contributed by atoms with E-state index in [1.54, 1.807) is 6.20 Å². The van der Waals surface area contributed by atoms with Gasteiger partial charge in [0.25, 0.3) is 5.69 Å². The van der Waals surface area contributed by atoms with Crippen LogP contribution < -0.4 is 10.0 Å². The van der Waals surface area contributed by atoms with E-state index in [2.05, 4.69) is 4.98 Å². The normalized spacial score (nSPS) is 17.9. The fraction of sp³-hybridized carbons (Fsp3) is 0.267. The Balaban J connectivity index is 1.91. The third-order valence-electron chi connectivity index (χ3n) is 4.11. The number of nitrogens with zero attached hydrogens (tertiary/aromatic N) is 3. The van der Waals surface area contributed by atoms with Crippen LogP contribution in [0.2, 0.25) is 0 Å². The highest BCUT2D eigenvalue weighted by atomic mass is 32.2. The van der Waals surface area contributed by atoms with E-state index in [9.17, 15) is 18.5 Å². The molecule has 0 amide bonds. The van der Waals surface area contributed by atoms with Crippen LogP contribution in [0.3, 0.4) is 0 Å². The van der Waals surface area contributed by atoms with Crippen molar-refractivity contribution in [1.29, 1.82) is 0 Å². The van der Waals surface area contributed by atoms with Gasteiger partial charge in [0.2, 0.25) is 10.0 Å². The quantitative estimate of drug-likeness (QED) is 0.662. The summed E-state index contributed by atoms with van der Waals surface area (Å²) in [4.78, 5) is 16.7. The zero-order valence-corrected chi connectivity index (χ0v) is 13.5. The topological polar surface area (TPSA) is 119 Å². The number of anilines is 1. The summed E-state index contributed by atoms with van der Waals surface area (Å²) < 4.78 is 22.8. The van der Waals surface area contributed by atoms with E-state index in [0.717, 1.165) is 18.2 Å². The molecule has 1 aromatic carbocycles. The molecule has 1 aliphatic rings. The van der Waals surface area contributed by atoms with Crippen LogP contribution in [0.15, 0.2) is 47.5 Å². The summed E-state index contributed by atoms with van der Waals surface area (Å²) in [6, 6.07) is 9.44. The average molecular weight is 348 g/mol. The van der Waals surface area contributed by atoms with Crippen LogP contribution in [0, 0.1) is 10.1 Å². The van der Waals surface area contributed by atoms with Crippen molar-refractivity contribution in [3.8, 4) is 0 Å². The molecule has 0 saturated carbocycles. The van der Waals surface area contributed by atoms with E-state index in [0.29, 0.717) is 18.8 Å².